The van der Waals surface area contributed by atoms with Gasteiger partial charge in [-0.2, -0.15) is 0 Å². The quantitative estimate of drug-likeness (QED) is 0.0902. The van der Waals surface area contributed by atoms with Crippen molar-refractivity contribution in [1.82, 2.24) is 0 Å². The van der Waals surface area contributed by atoms with Gasteiger partial charge >= 0.3 is 0 Å². The zero-order chi connectivity index (χ0) is 88.9. The molecule has 0 fully saturated rings. The molecule has 0 saturated carbocycles. The van der Waals surface area contributed by atoms with E-state index in [1.165, 1.54) is 0 Å². The van der Waals surface area contributed by atoms with Crippen LogP contribution in [0.15, 0.2) is 461 Å². The molecule has 0 bridgehead atoms. The van der Waals surface area contributed by atoms with Crippen LogP contribution < -0.4 is 9.47 Å². The van der Waals surface area contributed by atoms with Gasteiger partial charge in [-0.15, -0.1) is 0 Å². The van der Waals surface area contributed by atoms with Gasteiger partial charge in [-0.05, 0) is 237 Å². The van der Waals surface area contributed by atoms with Crippen molar-refractivity contribution in [3.05, 3.63) is 583 Å². The smallest absolute Gasteiger partial charge is 0.195 e. The fourth-order valence-electron chi connectivity index (χ4n) is 17.0. The highest BCUT2D eigenvalue weighted by molar-refractivity contribution is 6.61. The molecule has 614 valence electrons. The molecule has 0 amide bonds. The number of carbonyl (C=O) groups excluding carboxylic acids is 3. The number of hydrogen-bond donors (Lipinski definition) is 0. The average molecular weight is 1680 g/mol. The average Bonchev–Trinajstić information content (AvgIpc) is 1.59. The first-order chi connectivity index (χ1) is 65.2. The minimum Gasteiger partial charge on any atom is -0.457 e. The maximum absolute atomic E-state index is 16.0. The number of Topliss-reactive ketones (excluding diaryl/α,β-unsaturated/α-hetero) is 3. The van der Waals surface area contributed by atoms with Crippen LogP contribution in [0.3, 0.4) is 0 Å². The van der Waals surface area contributed by atoms with Gasteiger partial charge in [-0.1, -0.05) is 350 Å². The standard InChI is InChI=1S/C127H76O5/c128-125-119(97-35-19-6-20-36-97)113(100-61-51-92(52-62-100)46-41-87-25-9-1-10-26-87)117(123(125)107-67-57-95(58-68-107)49-44-90-31-15-4-16-32-90)104-75-83-111(84-76-104)132-110-81-73-103(74-82-110)116-118(124(127(130)121(116)99-39-23-8-24-40-99)108-69-59-96(60-70-108)50-45-91-33-17-5-18-34-91)105-77-85-112(86-78-105)131-109-79-71-102(72-80-109)115-114(101-63-53-93(54-64-101)47-42-88-27-11-2-12-28-88)122(126(129)120(115)98-37-21-7-22-38-98)106-65-55-94(56-66-106)48-43-89-29-13-3-14-30-89/h1-40,51-86H. The topological polar surface area (TPSA) is 69.7 Å². The first-order valence-corrected chi connectivity index (χ1v) is 43.6. The molecular weight excluding hydrogens is 1610 g/mol. The van der Waals surface area contributed by atoms with Crippen molar-refractivity contribution in [2.45, 2.75) is 0 Å². The fourth-order valence-corrected chi connectivity index (χ4v) is 17.0. The van der Waals surface area contributed by atoms with E-state index in [-0.39, 0.29) is 17.3 Å². The maximum atomic E-state index is 16.0. The Bertz CT molecular complexity index is 7850. The molecule has 17 aromatic carbocycles. The lowest BCUT2D eigenvalue weighted by atomic mass is 9.88. The van der Waals surface area contributed by atoms with Crippen molar-refractivity contribution < 1.29 is 23.9 Å². The molecule has 0 N–H and O–H groups in total. The van der Waals surface area contributed by atoms with Gasteiger partial charge in [0.2, 0.25) is 0 Å². The molecule has 0 heterocycles. The second kappa shape index (κ2) is 37.8. The molecule has 17 aromatic rings. The SMILES string of the molecule is O=C1C(c2ccc(C#Cc3ccccc3)cc2)=C(c2ccc(C#Cc3ccccc3)cc2)C(c2ccc(Oc3ccc(C4=C(c5ccc(C#Cc6ccccc6)cc5)C(=O)C(c5ccccc5)=C4c4ccc(Oc5ccc(C6=C(c7ccc(C#Cc8ccccc8)cc7)C(=O)C(c7ccccc7)=C6c6ccc(C#Cc7ccccc7)cc6)cc5)cc4)cc3)cc2)=C1c1ccccc1. The highest BCUT2D eigenvalue weighted by Crippen LogP contribution is 2.54. The first kappa shape index (κ1) is 81.9. The van der Waals surface area contributed by atoms with Gasteiger partial charge in [0.15, 0.2) is 17.3 Å². The molecule has 0 saturated heterocycles. The van der Waals surface area contributed by atoms with Gasteiger partial charge in [0, 0.05) is 123 Å². The Balaban J connectivity index is 0.637. The molecule has 5 nitrogen and oxygen atoms in total. The lowest BCUT2D eigenvalue weighted by molar-refractivity contribution is -0.109. The molecule has 0 unspecified atom stereocenters. The Hall–Kier alpha value is -18.4. The van der Waals surface area contributed by atoms with Crippen LogP contribution in [0.1, 0.15) is 122 Å². The van der Waals surface area contributed by atoms with Crippen LogP contribution in [0.25, 0.3) is 66.9 Å². The van der Waals surface area contributed by atoms with E-state index < -0.39 is 0 Å². The van der Waals surface area contributed by atoms with Gasteiger partial charge < -0.3 is 9.47 Å². The van der Waals surface area contributed by atoms with Crippen molar-refractivity contribution in [3.63, 3.8) is 0 Å². The van der Waals surface area contributed by atoms with Gasteiger partial charge in [0.1, 0.15) is 23.0 Å². The van der Waals surface area contributed by atoms with E-state index in [1.807, 2.05) is 437 Å². The molecule has 0 radical (unpaired) electrons. The molecule has 0 atom stereocenters. The van der Waals surface area contributed by atoms with E-state index in [0.29, 0.717) is 56.4 Å². The number of rotatable bonds is 16. The minimum atomic E-state index is -0.131. The first-order valence-electron chi connectivity index (χ1n) is 43.6. The number of allylic oxidation sites excluding steroid dienone is 12. The van der Waals surface area contributed by atoms with Crippen molar-refractivity contribution in [3.8, 4) is 82.2 Å². The largest absolute Gasteiger partial charge is 0.457 e. The van der Waals surface area contributed by atoms with Crippen LogP contribution in [0.5, 0.6) is 23.0 Å². The zero-order valence-electron chi connectivity index (χ0n) is 71.4. The summed E-state index contributed by atoms with van der Waals surface area (Å²) in [5.74, 6) is 35.1. The van der Waals surface area contributed by atoms with Gasteiger partial charge in [-0.3, -0.25) is 14.4 Å². The predicted octanol–water partition coefficient (Wildman–Crippen LogP) is 27.6. The van der Waals surface area contributed by atoms with E-state index >= 15 is 14.4 Å². The second-order valence-electron chi connectivity index (χ2n) is 31.9. The third-order valence-corrected chi connectivity index (χ3v) is 23.3. The Morgan fingerprint density at radius 2 is 0.227 bits per heavy atom. The third kappa shape index (κ3) is 17.8. The summed E-state index contributed by atoms with van der Waals surface area (Å²) in [6.45, 7) is 0. The number of hydrogen-bond acceptors (Lipinski definition) is 5. The summed E-state index contributed by atoms with van der Waals surface area (Å²) in [5.41, 5.74) is 26.3. The lowest BCUT2D eigenvalue weighted by Gasteiger charge is -2.16. The summed E-state index contributed by atoms with van der Waals surface area (Å²) < 4.78 is 13.6. The van der Waals surface area contributed by atoms with Crippen molar-refractivity contribution in [2.75, 3.05) is 0 Å². The van der Waals surface area contributed by atoms with E-state index in [9.17, 15) is 0 Å². The van der Waals surface area contributed by atoms with Gasteiger partial charge in [0.05, 0.1) is 0 Å². The molecule has 132 heavy (non-hydrogen) atoms. The van der Waals surface area contributed by atoms with Gasteiger partial charge in [0.25, 0.3) is 0 Å². The van der Waals surface area contributed by atoms with Crippen LogP contribution in [-0.4, -0.2) is 17.3 Å². The van der Waals surface area contributed by atoms with E-state index in [1.54, 1.807) is 0 Å². The Kier molecular flexibility index (Phi) is 23.5. The summed E-state index contributed by atoms with van der Waals surface area (Å²) >= 11 is 0. The van der Waals surface area contributed by atoms with Crippen LogP contribution in [-0.2, 0) is 14.4 Å². The number of carbonyl (C=O) groups is 3. The van der Waals surface area contributed by atoms with Gasteiger partial charge in [-0.25, -0.2) is 0 Å². The molecule has 3 aliphatic carbocycles. The highest BCUT2D eigenvalue weighted by Gasteiger charge is 2.39. The summed E-state index contributed by atoms with van der Waals surface area (Å²) in [4.78, 5) is 47.4. The lowest BCUT2D eigenvalue weighted by Crippen LogP contribution is -2.02. The summed E-state index contributed by atoms with van der Waals surface area (Å²) in [6.07, 6.45) is 0. The monoisotopic (exact) mass is 1680 g/mol. The molecule has 0 aliphatic heterocycles. The Labute approximate surface area is 768 Å². The number of ketones is 3. The van der Waals surface area contributed by atoms with Crippen LogP contribution in [0.4, 0.5) is 0 Å². The fraction of sp³-hybridized carbons (Fsp3) is 0. The maximum Gasteiger partial charge on any atom is 0.195 e. The Morgan fingerprint density at radius 1 is 0.114 bits per heavy atom. The number of benzene rings is 17. The van der Waals surface area contributed by atoms with E-state index in [4.69, 9.17) is 9.47 Å². The van der Waals surface area contributed by atoms with E-state index in [0.717, 1.165) is 156 Å². The third-order valence-electron chi connectivity index (χ3n) is 23.3. The second-order valence-corrected chi connectivity index (χ2v) is 31.9. The molecule has 20 rings (SSSR count). The molecule has 3 aliphatic rings. The predicted molar refractivity (Wildman–Crippen MR) is 535 cm³/mol. The normalized spacial score (nSPS) is 12.7. The molecule has 0 spiro atoms. The van der Waals surface area contributed by atoms with Crippen molar-refractivity contribution >= 4 is 84.2 Å². The van der Waals surface area contributed by atoms with Crippen LogP contribution >= 0.6 is 0 Å². The van der Waals surface area contributed by atoms with Crippen LogP contribution in [0, 0.1) is 59.2 Å². The zero-order valence-corrected chi connectivity index (χ0v) is 71.4. The van der Waals surface area contributed by atoms with Crippen molar-refractivity contribution in [1.29, 1.82) is 0 Å². The molecule has 5 heteroatoms. The number of ether oxygens (including phenoxy) is 2. The summed E-state index contributed by atoms with van der Waals surface area (Å²) in [7, 11) is 0. The summed E-state index contributed by atoms with van der Waals surface area (Å²) in [6, 6.07) is 151. The highest BCUT2D eigenvalue weighted by atomic mass is 16.5. The molecule has 0 aromatic heterocycles. The minimum absolute atomic E-state index is 0.0939. The van der Waals surface area contributed by atoms with E-state index in [2.05, 4.69) is 83.5 Å². The Morgan fingerprint density at radius 3 is 0.379 bits per heavy atom. The summed E-state index contributed by atoms with van der Waals surface area (Å²) in [5, 5.41) is 0. The van der Waals surface area contributed by atoms with Crippen LogP contribution in [0.2, 0.25) is 0 Å². The molecular formula is C127H76O5. The van der Waals surface area contributed by atoms with Crippen molar-refractivity contribution in [2.24, 2.45) is 0 Å².